The lowest BCUT2D eigenvalue weighted by molar-refractivity contribution is 0.389. The van der Waals surface area contributed by atoms with Crippen molar-refractivity contribution in [2.24, 2.45) is 5.92 Å². The normalized spacial score (nSPS) is 14.2. The zero-order chi connectivity index (χ0) is 9.56. The Morgan fingerprint density at radius 3 is 2.42 bits per heavy atom. The fourth-order valence-electron chi connectivity index (χ4n) is 1.02. The third-order valence-corrected chi connectivity index (χ3v) is 2.65. The third kappa shape index (κ3) is 5.69. The summed E-state index contributed by atoms with van der Waals surface area (Å²) < 4.78 is 21.0. The molecule has 0 aromatic carbocycles. The van der Waals surface area contributed by atoms with Crippen LogP contribution in [0.3, 0.4) is 0 Å². The van der Waals surface area contributed by atoms with Gasteiger partial charge in [0.2, 0.25) is 11.3 Å². The molecule has 3 nitrogen and oxygen atoms in total. The summed E-state index contributed by atoms with van der Waals surface area (Å²) in [5.74, 6) is 0.677. The summed E-state index contributed by atoms with van der Waals surface area (Å²) in [5, 5.41) is 0. The van der Waals surface area contributed by atoms with Crippen LogP contribution < -0.4 is 0 Å². The molecule has 0 rings (SSSR count). The van der Waals surface area contributed by atoms with Gasteiger partial charge >= 0.3 is 0 Å². The predicted molar refractivity (Wildman–Crippen MR) is 52.1 cm³/mol. The predicted octanol–water partition coefficient (Wildman–Crippen LogP) is 1.88. The minimum absolute atomic E-state index is 0.640. The first-order valence-electron chi connectivity index (χ1n) is 4.43. The van der Waals surface area contributed by atoms with Crippen molar-refractivity contribution in [3.63, 3.8) is 0 Å². The molecule has 0 amide bonds. The van der Waals surface area contributed by atoms with Gasteiger partial charge in [-0.15, -0.1) is 0 Å². The van der Waals surface area contributed by atoms with Gasteiger partial charge in [-0.3, -0.25) is 4.55 Å². The molecule has 12 heavy (non-hydrogen) atoms. The van der Waals surface area contributed by atoms with Crippen LogP contribution in [-0.2, 0) is 11.3 Å². The Hall–Kier alpha value is 0.0700. The van der Waals surface area contributed by atoms with Crippen molar-refractivity contribution in [2.45, 2.75) is 33.6 Å². The topological polar surface area (TPSA) is 40.5 Å². The molecular formula is C8H19NO2S. The zero-order valence-corrected chi connectivity index (χ0v) is 8.93. The Morgan fingerprint density at radius 1 is 1.50 bits per heavy atom. The van der Waals surface area contributed by atoms with Crippen molar-refractivity contribution >= 4 is 11.3 Å². The van der Waals surface area contributed by atoms with E-state index >= 15 is 0 Å². The fourth-order valence-corrected chi connectivity index (χ4v) is 1.53. The quantitative estimate of drug-likeness (QED) is 0.654. The molecule has 0 aliphatic rings. The summed E-state index contributed by atoms with van der Waals surface area (Å²) in [4.78, 5) is 0. The highest BCUT2D eigenvalue weighted by atomic mass is 32.2. The van der Waals surface area contributed by atoms with Gasteiger partial charge in [0.25, 0.3) is 0 Å². The molecule has 0 aromatic heterocycles. The lowest BCUT2D eigenvalue weighted by Gasteiger charge is -2.15. The second-order valence-electron chi connectivity index (χ2n) is 3.29. The molecule has 0 heterocycles. The monoisotopic (exact) mass is 193 g/mol. The van der Waals surface area contributed by atoms with Crippen LogP contribution in [0.4, 0.5) is 0 Å². The number of nitrogens with zero attached hydrogens (tertiary/aromatic N) is 1. The van der Waals surface area contributed by atoms with Crippen LogP contribution in [0.2, 0.25) is 0 Å². The molecule has 1 N–H and O–H groups in total. The van der Waals surface area contributed by atoms with Crippen LogP contribution in [0.5, 0.6) is 0 Å². The van der Waals surface area contributed by atoms with Crippen LogP contribution in [0, 0.1) is 5.92 Å². The van der Waals surface area contributed by atoms with Crippen molar-refractivity contribution in [3.8, 4) is 0 Å². The van der Waals surface area contributed by atoms with E-state index in [1.54, 1.807) is 4.31 Å². The highest BCUT2D eigenvalue weighted by Crippen LogP contribution is 2.05. The van der Waals surface area contributed by atoms with Gasteiger partial charge in [0.15, 0.2) is 0 Å². The molecule has 0 spiro atoms. The maximum atomic E-state index is 10.6. The van der Waals surface area contributed by atoms with Gasteiger partial charge in [0, 0.05) is 13.1 Å². The second kappa shape index (κ2) is 6.57. The summed E-state index contributed by atoms with van der Waals surface area (Å²) in [5.41, 5.74) is 0. The molecule has 0 bridgehead atoms. The van der Waals surface area contributed by atoms with E-state index in [1.165, 1.54) is 0 Å². The van der Waals surface area contributed by atoms with Gasteiger partial charge in [0.05, 0.1) is 0 Å². The zero-order valence-electron chi connectivity index (χ0n) is 8.12. The Balaban J connectivity index is 3.52. The average molecular weight is 193 g/mol. The standard InChI is InChI=1S/C8H19NO2S/c1-4-9(12(10)11)7-5-6-8(2)3/h8H,4-7H2,1-3H3,(H,10,11). The van der Waals surface area contributed by atoms with Crippen LogP contribution in [0.15, 0.2) is 0 Å². The SMILES string of the molecule is CCN(CCCC(C)C)S(=O)O. The highest BCUT2D eigenvalue weighted by Gasteiger charge is 2.07. The van der Waals surface area contributed by atoms with Gasteiger partial charge in [-0.25, -0.2) is 8.51 Å². The molecule has 0 aliphatic carbocycles. The van der Waals surface area contributed by atoms with Crippen molar-refractivity contribution < 1.29 is 8.76 Å². The molecule has 74 valence electrons. The van der Waals surface area contributed by atoms with Crippen molar-refractivity contribution in [1.82, 2.24) is 4.31 Å². The van der Waals surface area contributed by atoms with E-state index in [-0.39, 0.29) is 0 Å². The van der Waals surface area contributed by atoms with E-state index < -0.39 is 11.3 Å². The molecule has 4 heteroatoms. The molecule has 1 atom stereocenters. The Morgan fingerprint density at radius 2 is 2.08 bits per heavy atom. The maximum absolute atomic E-state index is 10.6. The van der Waals surface area contributed by atoms with Crippen LogP contribution in [-0.4, -0.2) is 26.2 Å². The molecule has 0 saturated heterocycles. The molecular weight excluding hydrogens is 174 g/mol. The smallest absolute Gasteiger partial charge is 0.234 e. The first kappa shape index (κ1) is 12.1. The molecule has 1 unspecified atom stereocenters. The molecule has 0 saturated carbocycles. The summed E-state index contributed by atoms with van der Waals surface area (Å²) in [6.45, 7) is 7.57. The number of rotatable bonds is 6. The second-order valence-corrected chi connectivity index (χ2v) is 4.27. The summed E-state index contributed by atoms with van der Waals surface area (Å²) >= 11 is -1.78. The first-order chi connectivity index (χ1) is 5.57. The van der Waals surface area contributed by atoms with E-state index in [2.05, 4.69) is 13.8 Å². The fraction of sp³-hybridized carbons (Fsp3) is 1.00. The Bertz CT molecular complexity index is 139. The van der Waals surface area contributed by atoms with E-state index in [0.717, 1.165) is 19.4 Å². The maximum Gasteiger partial charge on any atom is 0.234 e. The van der Waals surface area contributed by atoms with E-state index in [0.29, 0.717) is 12.5 Å². The average Bonchev–Trinajstić information content (AvgIpc) is 1.96. The van der Waals surface area contributed by atoms with Crippen molar-refractivity contribution in [3.05, 3.63) is 0 Å². The number of hydrogen-bond donors (Lipinski definition) is 1. The van der Waals surface area contributed by atoms with E-state index in [1.807, 2.05) is 6.92 Å². The minimum atomic E-state index is -1.78. The molecule has 0 fully saturated rings. The summed E-state index contributed by atoms with van der Waals surface area (Å²) in [6, 6.07) is 0. The van der Waals surface area contributed by atoms with Crippen molar-refractivity contribution in [1.29, 1.82) is 0 Å². The van der Waals surface area contributed by atoms with Gasteiger partial charge < -0.3 is 0 Å². The lowest BCUT2D eigenvalue weighted by Crippen LogP contribution is -2.26. The minimum Gasteiger partial charge on any atom is -0.294 e. The third-order valence-electron chi connectivity index (χ3n) is 1.76. The lowest BCUT2D eigenvalue weighted by atomic mass is 10.1. The van der Waals surface area contributed by atoms with E-state index in [9.17, 15) is 4.21 Å². The molecule has 0 radical (unpaired) electrons. The summed E-state index contributed by atoms with van der Waals surface area (Å²) in [6.07, 6.45) is 2.12. The molecule has 0 aliphatic heterocycles. The highest BCUT2D eigenvalue weighted by molar-refractivity contribution is 7.76. The summed E-state index contributed by atoms with van der Waals surface area (Å²) in [7, 11) is 0. The Kier molecular flexibility index (Phi) is 6.61. The van der Waals surface area contributed by atoms with Gasteiger partial charge in [0.1, 0.15) is 0 Å². The number of hydrogen-bond acceptors (Lipinski definition) is 1. The van der Waals surface area contributed by atoms with Crippen LogP contribution in [0.1, 0.15) is 33.6 Å². The van der Waals surface area contributed by atoms with Crippen molar-refractivity contribution in [2.75, 3.05) is 13.1 Å². The van der Waals surface area contributed by atoms with Gasteiger partial charge in [-0.05, 0) is 18.8 Å². The van der Waals surface area contributed by atoms with Crippen LogP contribution in [0.25, 0.3) is 0 Å². The van der Waals surface area contributed by atoms with Gasteiger partial charge in [-0.2, -0.15) is 0 Å². The molecule has 0 aromatic rings. The van der Waals surface area contributed by atoms with E-state index in [4.69, 9.17) is 4.55 Å². The largest absolute Gasteiger partial charge is 0.294 e. The first-order valence-corrected chi connectivity index (χ1v) is 5.50. The van der Waals surface area contributed by atoms with Crippen LogP contribution >= 0.6 is 0 Å². The van der Waals surface area contributed by atoms with Gasteiger partial charge in [-0.1, -0.05) is 20.8 Å². The Labute approximate surface area is 77.6 Å².